The summed E-state index contributed by atoms with van der Waals surface area (Å²) >= 11 is 0. The van der Waals surface area contributed by atoms with Crippen LogP contribution < -0.4 is 15.2 Å². The number of methoxy groups -OCH3 is 1. The Morgan fingerprint density at radius 1 is 0.979 bits per heavy atom. The van der Waals surface area contributed by atoms with E-state index in [1.807, 2.05) is 98.1 Å². The number of carbonyl (C=O) groups excluding carboxylic acids is 1. The van der Waals surface area contributed by atoms with Crippen molar-refractivity contribution in [2.45, 2.75) is 38.0 Å². The number of fused-ring (bicyclic) bond motifs is 1. The molecule has 10 nitrogen and oxygen atoms in total. The predicted molar refractivity (Wildman–Crippen MR) is 178 cm³/mol. The number of pyridine rings is 1. The van der Waals surface area contributed by atoms with Gasteiger partial charge in [0.05, 0.1) is 37.6 Å². The fourth-order valence-corrected chi connectivity index (χ4v) is 6.16. The minimum absolute atomic E-state index is 0.0705. The number of para-hydroxylation sites is 1. The summed E-state index contributed by atoms with van der Waals surface area (Å²) < 4.78 is 8.43. The molecule has 47 heavy (non-hydrogen) atoms. The molecule has 3 heterocycles. The highest BCUT2D eigenvalue weighted by Gasteiger charge is 2.52. The number of hydrogen-bond acceptors (Lipinski definition) is 7. The lowest BCUT2D eigenvalue weighted by Crippen LogP contribution is -2.44. The summed E-state index contributed by atoms with van der Waals surface area (Å²) in [5, 5.41) is 30.5. The highest BCUT2D eigenvalue weighted by atomic mass is 16.5. The molecule has 2 aromatic heterocycles. The zero-order chi connectivity index (χ0) is 33.0. The van der Waals surface area contributed by atoms with E-state index in [0.29, 0.717) is 35.6 Å². The molecule has 240 valence electrons. The van der Waals surface area contributed by atoms with Crippen LogP contribution in [0.25, 0.3) is 5.69 Å². The van der Waals surface area contributed by atoms with E-state index in [-0.39, 0.29) is 30.4 Å². The monoisotopic (exact) mass is 631 g/mol. The van der Waals surface area contributed by atoms with Crippen LogP contribution in [-0.4, -0.2) is 49.4 Å². The largest absolute Gasteiger partial charge is 0.491 e. The van der Waals surface area contributed by atoms with Crippen molar-refractivity contribution in [3.63, 3.8) is 0 Å². The number of allylic oxidation sites excluding steroid dienone is 1. The van der Waals surface area contributed by atoms with Gasteiger partial charge in [-0.1, -0.05) is 85.0 Å². The maximum absolute atomic E-state index is 14.0. The molecule has 0 saturated carbocycles. The van der Waals surface area contributed by atoms with Gasteiger partial charge in [0.15, 0.2) is 11.4 Å². The van der Waals surface area contributed by atoms with E-state index < -0.39 is 17.4 Å². The van der Waals surface area contributed by atoms with E-state index in [4.69, 9.17) is 4.74 Å². The van der Waals surface area contributed by atoms with E-state index in [1.165, 1.54) is 11.7 Å². The Morgan fingerprint density at radius 2 is 1.77 bits per heavy atom. The van der Waals surface area contributed by atoms with Crippen LogP contribution in [0.4, 0.5) is 5.69 Å². The average Bonchev–Trinajstić information content (AvgIpc) is 3.65. The minimum atomic E-state index is -1.75. The zero-order valence-corrected chi connectivity index (χ0v) is 26.3. The van der Waals surface area contributed by atoms with E-state index in [1.54, 1.807) is 34.0 Å². The van der Waals surface area contributed by atoms with Crippen LogP contribution >= 0.6 is 0 Å². The van der Waals surface area contributed by atoms with Crippen molar-refractivity contribution >= 4 is 11.6 Å². The van der Waals surface area contributed by atoms with Gasteiger partial charge in [-0.2, -0.15) is 0 Å². The second kappa shape index (κ2) is 13.6. The number of ether oxygens (including phenoxy) is 1. The van der Waals surface area contributed by atoms with Gasteiger partial charge in [-0.25, -0.2) is 0 Å². The normalized spacial score (nSPS) is 17.2. The van der Waals surface area contributed by atoms with Crippen molar-refractivity contribution in [2.24, 2.45) is 5.92 Å². The molecular weight excluding hydrogens is 594 g/mol. The first kappa shape index (κ1) is 31.7. The van der Waals surface area contributed by atoms with Crippen LogP contribution in [0.15, 0.2) is 120 Å². The van der Waals surface area contributed by atoms with Gasteiger partial charge in [0, 0.05) is 36.1 Å². The summed E-state index contributed by atoms with van der Waals surface area (Å²) in [6.07, 6.45) is 7.93. The van der Waals surface area contributed by atoms with Crippen LogP contribution in [0.1, 0.15) is 41.6 Å². The molecule has 1 unspecified atom stereocenters. The predicted octanol–water partition coefficient (Wildman–Crippen LogP) is 4.58. The van der Waals surface area contributed by atoms with E-state index in [0.717, 1.165) is 11.1 Å². The molecule has 0 fully saturated rings. The van der Waals surface area contributed by atoms with Crippen molar-refractivity contribution in [3.8, 4) is 11.4 Å². The Balaban J connectivity index is 1.16. The molecule has 0 spiro atoms. The summed E-state index contributed by atoms with van der Waals surface area (Å²) in [7, 11) is 1.46. The van der Waals surface area contributed by atoms with Crippen molar-refractivity contribution in [3.05, 3.63) is 148 Å². The highest BCUT2D eigenvalue weighted by molar-refractivity contribution is 6.07. The fourth-order valence-electron chi connectivity index (χ4n) is 6.16. The first-order chi connectivity index (χ1) is 22.8. The summed E-state index contributed by atoms with van der Waals surface area (Å²) in [5.41, 5.74) is 2.28. The molecule has 0 aliphatic carbocycles. The maximum Gasteiger partial charge on any atom is 0.297 e. The Morgan fingerprint density at radius 3 is 2.55 bits per heavy atom. The van der Waals surface area contributed by atoms with Crippen LogP contribution in [-0.2, 0) is 23.5 Å². The molecule has 0 bridgehead atoms. The van der Waals surface area contributed by atoms with Crippen LogP contribution in [0.2, 0.25) is 0 Å². The molecule has 5 aromatic rings. The molecule has 1 amide bonds. The van der Waals surface area contributed by atoms with Gasteiger partial charge in [-0.3, -0.25) is 18.8 Å². The number of rotatable bonds is 12. The number of anilines is 1. The van der Waals surface area contributed by atoms with Crippen LogP contribution in [0.3, 0.4) is 0 Å². The zero-order valence-electron chi connectivity index (χ0n) is 26.3. The second-order valence-corrected chi connectivity index (χ2v) is 11.7. The van der Waals surface area contributed by atoms with Crippen molar-refractivity contribution < 1.29 is 19.7 Å². The number of aliphatic hydroxyl groups is 2. The molecule has 6 rings (SSSR count). The van der Waals surface area contributed by atoms with Gasteiger partial charge < -0.3 is 19.8 Å². The van der Waals surface area contributed by atoms with E-state index in [2.05, 4.69) is 10.3 Å². The minimum Gasteiger partial charge on any atom is -0.491 e. The van der Waals surface area contributed by atoms with Gasteiger partial charge in [0.2, 0.25) is 0 Å². The number of hydrogen-bond donors (Lipinski definition) is 2. The first-order valence-corrected chi connectivity index (χ1v) is 15.6. The Labute approximate surface area is 272 Å². The lowest BCUT2D eigenvalue weighted by atomic mass is 9.83. The number of carbonyl (C=O) groups is 1. The van der Waals surface area contributed by atoms with Crippen molar-refractivity contribution in [1.82, 2.24) is 19.6 Å². The summed E-state index contributed by atoms with van der Waals surface area (Å²) in [4.78, 5) is 28.5. The van der Waals surface area contributed by atoms with Gasteiger partial charge in [-0.05, 0) is 47.9 Å². The second-order valence-electron chi connectivity index (χ2n) is 11.7. The molecule has 10 heteroatoms. The van der Waals surface area contributed by atoms with Gasteiger partial charge in [0.1, 0.15) is 0 Å². The maximum atomic E-state index is 14.0. The number of amides is 1. The molecule has 0 saturated heterocycles. The van der Waals surface area contributed by atoms with Crippen LogP contribution in [0.5, 0.6) is 5.75 Å². The fraction of sp³-hybridized carbons (Fsp3) is 0.243. The van der Waals surface area contributed by atoms with E-state index in [9.17, 15) is 19.8 Å². The molecule has 1 aliphatic heterocycles. The first-order valence-electron chi connectivity index (χ1n) is 15.6. The molecule has 3 aromatic carbocycles. The number of aromatic nitrogens is 4. The third-order valence-electron chi connectivity index (χ3n) is 8.74. The summed E-state index contributed by atoms with van der Waals surface area (Å²) in [6.45, 7) is 2.53. The topological polar surface area (TPSA) is 123 Å². The molecule has 1 aliphatic rings. The number of benzene rings is 3. The van der Waals surface area contributed by atoms with Crippen LogP contribution in [0, 0.1) is 5.92 Å². The molecule has 0 radical (unpaired) electrons. The van der Waals surface area contributed by atoms with Gasteiger partial charge >= 0.3 is 0 Å². The van der Waals surface area contributed by atoms with Crippen molar-refractivity contribution in [1.29, 1.82) is 0 Å². The van der Waals surface area contributed by atoms with E-state index >= 15 is 0 Å². The Hall–Kier alpha value is -5.32. The Bertz CT molecular complexity index is 1950. The summed E-state index contributed by atoms with van der Waals surface area (Å²) in [6, 6.07) is 27.8. The molecular formula is C37H37N5O5. The quantitative estimate of drug-likeness (QED) is 0.193. The van der Waals surface area contributed by atoms with Gasteiger partial charge in [0.25, 0.3) is 11.5 Å². The number of aliphatic hydroxyl groups excluding tert-OH is 1. The lowest BCUT2D eigenvalue weighted by molar-refractivity contribution is -0.139. The molecule has 3 atom stereocenters. The van der Waals surface area contributed by atoms with Gasteiger partial charge in [-0.15, -0.1) is 5.10 Å². The SMILES string of the molecule is COc1cccn(-c2cccc(CN3C(=O)[C@@](O)([C@@H](C)/C=C/CCn4cc(C(CO)c5ccccc5)nn4)c4ccccc43)c2)c1=O. The van der Waals surface area contributed by atoms with Crippen molar-refractivity contribution in [2.75, 3.05) is 18.6 Å². The molecule has 2 N–H and O–H groups in total. The highest BCUT2D eigenvalue weighted by Crippen LogP contribution is 2.45. The standard InChI is InChI=1S/C37H37N5O5/c1-26(12-8-9-20-40-24-32(38-39-40)30(25-43)28-14-4-3-5-15-28)37(46)31-17-6-7-18-33(31)42(36(37)45)23-27-13-10-16-29(22-27)41-21-11-19-34(47-2)35(41)44/h3-8,10-19,21-22,24,26,30,43,46H,9,20,23,25H2,1-2H3/b12-8+/t26-,30?,37+/m0/s1. The third-order valence-corrected chi connectivity index (χ3v) is 8.74. The Kier molecular flexibility index (Phi) is 9.15. The average molecular weight is 632 g/mol. The number of aryl methyl sites for hydroxylation is 1. The smallest absolute Gasteiger partial charge is 0.297 e. The number of nitrogens with zero attached hydrogens (tertiary/aromatic N) is 5. The third kappa shape index (κ3) is 6.13. The lowest BCUT2D eigenvalue weighted by Gasteiger charge is -2.27. The summed E-state index contributed by atoms with van der Waals surface area (Å²) in [5.74, 6) is -0.945.